The number of fused-ring (bicyclic) bond motifs is 2. The van der Waals surface area contributed by atoms with Gasteiger partial charge in [0.1, 0.15) is 5.56 Å². The standard InChI is InChI=1S/C22H19ClN2O5/c23-17-3-1-2-15-11-16(22(27)30-20(15)17)21(26)25-8-6-24(7-9-25)12-14-4-5-18-19(10-14)29-13-28-18/h1-5,10-11H,6-9,12-13H2. The van der Waals surface area contributed by atoms with Crippen molar-refractivity contribution in [2.45, 2.75) is 6.54 Å². The minimum Gasteiger partial charge on any atom is -0.454 e. The van der Waals surface area contributed by atoms with E-state index in [-0.39, 0.29) is 18.3 Å². The van der Waals surface area contributed by atoms with Gasteiger partial charge in [-0.3, -0.25) is 9.69 Å². The van der Waals surface area contributed by atoms with Crippen molar-refractivity contribution in [2.24, 2.45) is 0 Å². The molecule has 0 saturated carbocycles. The van der Waals surface area contributed by atoms with Crippen LogP contribution < -0.4 is 15.1 Å². The van der Waals surface area contributed by atoms with E-state index in [2.05, 4.69) is 4.90 Å². The van der Waals surface area contributed by atoms with E-state index in [1.807, 2.05) is 18.2 Å². The van der Waals surface area contributed by atoms with Crippen LogP contribution in [0.1, 0.15) is 15.9 Å². The summed E-state index contributed by atoms with van der Waals surface area (Å²) in [5.41, 5.74) is 0.803. The van der Waals surface area contributed by atoms with Crippen LogP contribution >= 0.6 is 11.6 Å². The van der Waals surface area contributed by atoms with Crippen molar-refractivity contribution < 1.29 is 18.7 Å². The lowest BCUT2D eigenvalue weighted by Gasteiger charge is -2.34. The number of nitrogens with zero attached hydrogens (tertiary/aromatic N) is 2. The number of carbonyl (C=O) groups is 1. The first kappa shape index (κ1) is 19.0. The first-order valence-electron chi connectivity index (χ1n) is 9.71. The van der Waals surface area contributed by atoms with Crippen molar-refractivity contribution in [1.29, 1.82) is 0 Å². The molecule has 7 nitrogen and oxygen atoms in total. The van der Waals surface area contributed by atoms with Crippen LogP contribution in [-0.2, 0) is 6.54 Å². The number of benzene rings is 2. The SMILES string of the molecule is O=C(c1cc2cccc(Cl)c2oc1=O)N1CCN(Cc2ccc3c(c2)OCO3)CC1. The zero-order valence-corrected chi connectivity index (χ0v) is 16.9. The quantitative estimate of drug-likeness (QED) is 0.599. The van der Waals surface area contributed by atoms with E-state index in [0.29, 0.717) is 42.2 Å². The van der Waals surface area contributed by atoms with Gasteiger partial charge in [-0.25, -0.2) is 4.79 Å². The van der Waals surface area contributed by atoms with Crippen LogP contribution in [0, 0.1) is 0 Å². The predicted molar refractivity (Wildman–Crippen MR) is 111 cm³/mol. The molecule has 5 rings (SSSR count). The number of rotatable bonds is 3. The second-order valence-electron chi connectivity index (χ2n) is 7.36. The summed E-state index contributed by atoms with van der Waals surface area (Å²) >= 11 is 6.07. The van der Waals surface area contributed by atoms with Gasteiger partial charge >= 0.3 is 5.63 Å². The highest BCUT2D eigenvalue weighted by Crippen LogP contribution is 2.33. The number of piperazine rings is 1. The Bertz CT molecular complexity index is 1180. The fourth-order valence-electron chi connectivity index (χ4n) is 3.83. The second-order valence-corrected chi connectivity index (χ2v) is 7.77. The fraction of sp³-hybridized carbons (Fsp3) is 0.273. The van der Waals surface area contributed by atoms with Crippen LogP contribution in [0.15, 0.2) is 51.7 Å². The number of ether oxygens (including phenoxy) is 2. The third-order valence-electron chi connectivity index (χ3n) is 5.45. The van der Waals surface area contributed by atoms with Crippen molar-refractivity contribution in [1.82, 2.24) is 9.80 Å². The highest BCUT2D eigenvalue weighted by atomic mass is 35.5. The van der Waals surface area contributed by atoms with Gasteiger partial charge in [0.15, 0.2) is 17.1 Å². The molecule has 0 radical (unpaired) electrons. The van der Waals surface area contributed by atoms with Gasteiger partial charge < -0.3 is 18.8 Å². The molecule has 0 atom stereocenters. The average Bonchev–Trinajstić information content (AvgIpc) is 3.22. The molecule has 2 aliphatic rings. The molecule has 3 aromatic rings. The lowest BCUT2D eigenvalue weighted by molar-refractivity contribution is 0.0624. The lowest BCUT2D eigenvalue weighted by Crippen LogP contribution is -2.49. The van der Waals surface area contributed by atoms with Crippen LogP contribution in [0.4, 0.5) is 0 Å². The zero-order chi connectivity index (χ0) is 20.7. The number of carbonyl (C=O) groups excluding carboxylic acids is 1. The molecule has 1 aromatic heterocycles. The van der Waals surface area contributed by atoms with E-state index in [4.69, 9.17) is 25.5 Å². The minimum atomic E-state index is -0.664. The van der Waals surface area contributed by atoms with Crippen LogP contribution in [-0.4, -0.2) is 48.7 Å². The normalized spacial score (nSPS) is 16.2. The van der Waals surface area contributed by atoms with E-state index in [1.165, 1.54) is 0 Å². The van der Waals surface area contributed by atoms with E-state index < -0.39 is 5.63 Å². The van der Waals surface area contributed by atoms with E-state index >= 15 is 0 Å². The Kier molecular flexibility index (Phi) is 4.84. The van der Waals surface area contributed by atoms with Crippen molar-refractivity contribution >= 4 is 28.5 Å². The number of amides is 1. The van der Waals surface area contributed by atoms with Gasteiger partial charge in [-0.1, -0.05) is 29.8 Å². The molecule has 0 unspecified atom stereocenters. The zero-order valence-electron chi connectivity index (χ0n) is 16.1. The molecule has 0 aliphatic carbocycles. The van der Waals surface area contributed by atoms with E-state index in [1.54, 1.807) is 29.2 Å². The summed E-state index contributed by atoms with van der Waals surface area (Å²) in [6.07, 6.45) is 0. The van der Waals surface area contributed by atoms with Gasteiger partial charge in [-0.15, -0.1) is 0 Å². The lowest BCUT2D eigenvalue weighted by atomic mass is 10.1. The molecule has 154 valence electrons. The summed E-state index contributed by atoms with van der Waals surface area (Å²) in [6, 6.07) is 12.7. The number of hydrogen-bond acceptors (Lipinski definition) is 6. The molecule has 8 heteroatoms. The summed E-state index contributed by atoms with van der Waals surface area (Å²) in [6.45, 7) is 3.52. The minimum absolute atomic E-state index is 0.0361. The maximum absolute atomic E-state index is 12.9. The number of halogens is 1. The van der Waals surface area contributed by atoms with Gasteiger partial charge in [-0.2, -0.15) is 0 Å². The Balaban J connectivity index is 1.26. The first-order chi connectivity index (χ1) is 14.6. The maximum atomic E-state index is 12.9. The Hall–Kier alpha value is -3.03. The summed E-state index contributed by atoms with van der Waals surface area (Å²) in [7, 11) is 0. The maximum Gasteiger partial charge on any atom is 0.349 e. The van der Waals surface area contributed by atoms with Gasteiger partial charge in [0.2, 0.25) is 6.79 Å². The molecule has 0 N–H and O–H groups in total. The Morgan fingerprint density at radius 1 is 1.00 bits per heavy atom. The summed E-state index contributed by atoms with van der Waals surface area (Å²) < 4.78 is 16.1. The average molecular weight is 427 g/mol. The molecule has 2 aliphatic heterocycles. The summed E-state index contributed by atoms with van der Waals surface area (Å²) in [5.74, 6) is 1.22. The molecule has 1 amide bonds. The number of para-hydroxylation sites is 1. The van der Waals surface area contributed by atoms with Crippen molar-refractivity contribution in [3.8, 4) is 11.5 Å². The molecule has 1 saturated heterocycles. The first-order valence-corrected chi connectivity index (χ1v) is 10.1. The molecule has 1 fully saturated rings. The molecule has 30 heavy (non-hydrogen) atoms. The smallest absolute Gasteiger partial charge is 0.349 e. The Labute approximate surface area is 177 Å². The fourth-order valence-corrected chi connectivity index (χ4v) is 4.06. The number of hydrogen-bond donors (Lipinski definition) is 0. The molecule has 0 bridgehead atoms. The Morgan fingerprint density at radius 3 is 2.63 bits per heavy atom. The van der Waals surface area contributed by atoms with Gasteiger partial charge in [0.05, 0.1) is 5.02 Å². The molecular weight excluding hydrogens is 408 g/mol. The van der Waals surface area contributed by atoms with Crippen molar-refractivity contribution in [3.05, 3.63) is 69.0 Å². The highest BCUT2D eigenvalue weighted by Gasteiger charge is 2.25. The largest absolute Gasteiger partial charge is 0.454 e. The van der Waals surface area contributed by atoms with Crippen molar-refractivity contribution in [3.63, 3.8) is 0 Å². The molecular formula is C22H19ClN2O5. The van der Waals surface area contributed by atoms with Gasteiger partial charge in [0, 0.05) is 38.1 Å². The topological polar surface area (TPSA) is 72.2 Å². The Morgan fingerprint density at radius 2 is 1.80 bits per heavy atom. The third-order valence-corrected chi connectivity index (χ3v) is 5.74. The summed E-state index contributed by atoms with van der Waals surface area (Å²) in [4.78, 5) is 29.2. The molecule has 2 aromatic carbocycles. The monoisotopic (exact) mass is 426 g/mol. The summed E-state index contributed by atoms with van der Waals surface area (Å²) in [5, 5.41) is 0.979. The van der Waals surface area contributed by atoms with E-state index in [9.17, 15) is 9.59 Å². The molecule has 3 heterocycles. The van der Waals surface area contributed by atoms with Gasteiger partial charge in [-0.05, 0) is 29.8 Å². The van der Waals surface area contributed by atoms with Crippen LogP contribution in [0.5, 0.6) is 11.5 Å². The van der Waals surface area contributed by atoms with Gasteiger partial charge in [0.25, 0.3) is 5.91 Å². The van der Waals surface area contributed by atoms with Crippen LogP contribution in [0.2, 0.25) is 5.02 Å². The predicted octanol–water partition coefficient (Wildman–Crippen LogP) is 3.13. The third kappa shape index (κ3) is 3.51. The van der Waals surface area contributed by atoms with Crippen molar-refractivity contribution in [2.75, 3.05) is 33.0 Å². The second kappa shape index (κ2) is 7.66. The van der Waals surface area contributed by atoms with Crippen LogP contribution in [0.3, 0.4) is 0 Å². The molecule has 0 spiro atoms. The van der Waals surface area contributed by atoms with E-state index in [0.717, 1.165) is 23.6 Å². The highest BCUT2D eigenvalue weighted by molar-refractivity contribution is 6.34. The van der Waals surface area contributed by atoms with Crippen LogP contribution in [0.25, 0.3) is 11.0 Å².